The maximum absolute atomic E-state index is 12.5. The van der Waals surface area contributed by atoms with E-state index in [1.807, 2.05) is 31.2 Å². The Balaban J connectivity index is 0.00000161. The summed E-state index contributed by atoms with van der Waals surface area (Å²) in [4.78, 5) is 12.5. The van der Waals surface area contributed by atoms with E-state index < -0.39 is 0 Å². The zero-order valence-corrected chi connectivity index (χ0v) is 13.1. The van der Waals surface area contributed by atoms with Crippen molar-refractivity contribution in [2.45, 2.75) is 32.2 Å². The number of amides is 1. The second-order valence-corrected chi connectivity index (χ2v) is 5.89. The molecule has 0 heterocycles. The summed E-state index contributed by atoms with van der Waals surface area (Å²) in [6, 6.07) is 7.56. The van der Waals surface area contributed by atoms with E-state index in [9.17, 15) is 4.79 Å². The number of hydrogen-bond acceptors (Lipinski definition) is 3. The molecule has 4 unspecified atom stereocenters. The first kappa shape index (κ1) is 16.1. The number of benzene rings is 1. The molecule has 0 aromatic heterocycles. The van der Waals surface area contributed by atoms with Crippen LogP contribution in [0.3, 0.4) is 0 Å². The highest BCUT2D eigenvalue weighted by Gasteiger charge is 2.49. The molecule has 1 aromatic rings. The predicted molar refractivity (Wildman–Crippen MR) is 85.8 cm³/mol. The number of nitrogens with one attached hydrogen (secondary N) is 1. The smallest absolute Gasteiger partial charge is 0.229 e. The highest BCUT2D eigenvalue weighted by molar-refractivity contribution is 5.93. The summed E-state index contributed by atoms with van der Waals surface area (Å²) in [6.45, 7) is 2.56. The van der Waals surface area contributed by atoms with Crippen molar-refractivity contribution in [1.82, 2.24) is 0 Å². The van der Waals surface area contributed by atoms with Crippen LogP contribution in [0.15, 0.2) is 24.3 Å². The number of carbonyl (C=O) groups is 1. The highest BCUT2D eigenvalue weighted by atomic mass is 35.5. The molecule has 1 aromatic carbocycles. The summed E-state index contributed by atoms with van der Waals surface area (Å²) in [7, 11) is 0. The highest BCUT2D eigenvalue weighted by Crippen LogP contribution is 2.47. The van der Waals surface area contributed by atoms with Gasteiger partial charge in [0, 0.05) is 17.8 Å². The lowest BCUT2D eigenvalue weighted by molar-refractivity contribution is -0.121. The van der Waals surface area contributed by atoms with Gasteiger partial charge < -0.3 is 15.8 Å². The number of fused-ring (bicyclic) bond motifs is 2. The van der Waals surface area contributed by atoms with E-state index in [1.54, 1.807) is 0 Å². The van der Waals surface area contributed by atoms with Crippen LogP contribution in [0.1, 0.15) is 26.2 Å². The van der Waals surface area contributed by atoms with Gasteiger partial charge >= 0.3 is 0 Å². The zero-order chi connectivity index (χ0) is 14.1. The van der Waals surface area contributed by atoms with Gasteiger partial charge in [-0.2, -0.15) is 0 Å². The number of anilines is 1. The van der Waals surface area contributed by atoms with Crippen molar-refractivity contribution in [3.63, 3.8) is 0 Å². The van der Waals surface area contributed by atoms with Gasteiger partial charge in [0.25, 0.3) is 0 Å². The Kier molecular flexibility index (Phi) is 5.12. The summed E-state index contributed by atoms with van der Waals surface area (Å²) in [5.41, 5.74) is 7.00. The van der Waals surface area contributed by atoms with Crippen molar-refractivity contribution in [3.05, 3.63) is 24.3 Å². The summed E-state index contributed by atoms with van der Waals surface area (Å²) in [6.07, 6.45) is 3.46. The molecule has 0 aliphatic heterocycles. The van der Waals surface area contributed by atoms with Crippen LogP contribution in [-0.4, -0.2) is 18.6 Å². The molecule has 2 aliphatic carbocycles. The summed E-state index contributed by atoms with van der Waals surface area (Å²) >= 11 is 0. The third kappa shape index (κ3) is 3.16. The number of ether oxygens (including phenoxy) is 1. The molecular weight excluding hydrogens is 288 g/mol. The van der Waals surface area contributed by atoms with Crippen LogP contribution in [0.5, 0.6) is 5.75 Å². The lowest BCUT2D eigenvalue weighted by Crippen LogP contribution is -2.42. The number of halogens is 1. The third-order valence-corrected chi connectivity index (χ3v) is 4.70. The van der Waals surface area contributed by atoms with Crippen LogP contribution in [0.25, 0.3) is 0 Å². The minimum Gasteiger partial charge on any atom is -0.494 e. The average molecular weight is 311 g/mol. The molecule has 3 rings (SSSR count). The molecule has 2 bridgehead atoms. The van der Waals surface area contributed by atoms with E-state index in [-0.39, 0.29) is 30.3 Å². The minimum atomic E-state index is -0.0236. The Morgan fingerprint density at radius 1 is 1.38 bits per heavy atom. The molecule has 1 amide bonds. The Hall–Kier alpha value is -1.26. The first-order chi connectivity index (χ1) is 9.69. The molecule has 2 fully saturated rings. The molecule has 4 atom stereocenters. The maximum atomic E-state index is 12.5. The quantitative estimate of drug-likeness (QED) is 0.899. The maximum Gasteiger partial charge on any atom is 0.229 e. The largest absolute Gasteiger partial charge is 0.494 e. The predicted octanol–water partition coefficient (Wildman–Crippen LogP) is 2.82. The molecule has 0 saturated heterocycles. The lowest BCUT2D eigenvalue weighted by atomic mass is 9.84. The molecule has 2 saturated carbocycles. The van der Waals surface area contributed by atoms with Crippen molar-refractivity contribution in [2.24, 2.45) is 23.5 Å². The van der Waals surface area contributed by atoms with Gasteiger partial charge in [-0.05, 0) is 50.2 Å². The van der Waals surface area contributed by atoms with Gasteiger partial charge in [-0.15, -0.1) is 12.4 Å². The van der Waals surface area contributed by atoms with Gasteiger partial charge in [0.2, 0.25) is 5.91 Å². The summed E-state index contributed by atoms with van der Waals surface area (Å²) in [5, 5.41) is 3.00. The summed E-state index contributed by atoms with van der Waals surface area (Å²) < 4.78 is 5.45. The normalized spacial score (nSPS) is 29.8. The molecule has 116 valence electrons. The van der Waals surface area contributed by atoms with E-state index >= 15 is 0 Å². The van der Waals surface area contributed by atoms with Crippen LogP contribution in [0.2, 0.25) is 0 Å². The fourth-order valence-electron chi connectivity index (χ4n) is 3.78. The molecule has 5 heteroatoms. The molecule has 21 heavy (non-hydrogen) atoms. The molecular formula is C16H23ClN2O2. The van der Waals surface area contributed by atoms with Crippen LogP contribution in [0, 0.1) is 17.8 Å². The van der Waals surface area contributed by atoms with Crippen molar-refractivity contribution < 1.29 is 9.53 Å². The molecule has 4 nitrogen and oxygen atoms in total. The van der Waals surface area contributed by atoms with Gasteiger partial charge in [-0.1, -0.05) is 6.07 Å². The van der Waals surface area contributed by atoms with E-state index in [4.69, 9.17) is 10.5 Å². The Morgan fingerprint density at radius 2 is 2.14 bits per heavy atom. The number of hydrogen-bond donors (Lipinski definition) is 2. The monoisotopic (exact) mass is 310 g/mol. The lowest BCUT2D eigenvalue weighted by Gasteiger charge is -2.27. The van der Waals surface area contributed by atoms with Gasteiger partial charge in [-0.25, -0.2) is 0 Å². The summed E-state index contributed by atoms with van der Waals surface area (Å²) in [5.74, 6) is 1.85. The molecule has 0 spiro atoms. The topological polar surface area (TPSA) is 64.3 Å². The van der Waals surface area contributed by atoms with Crippen molar-refractivity contribution >= 4 is 24.0 Å². The fourth-order valence-corrected chi connectivity index (χ4v) is 3.78. The molecule has 0 radical (unpaired) electrons. The molecule has 3 N–H and O–H groups in total. The van der Waals surface area contributed by atoms with Gasteiger partial charge in [0.05, 0.1) is 12.5 Å². The van der Waals surface area contributed by atoms with Gasteiger partial charge in [0.15, 0.2) is 0 Å². The van der Waals surface area contributed by atoms with Crippen molar-refractivity contribution in [3.8, 4) is 5.75 Å². The first-order valence-corrected chi connectivity index (χ1v) is 7.48. The molecule has 2 aliphatic rings. The number of rotatable bonds is 4. The van der Waals surface area contributed by atoms with Crippen LogP contribution in [-0.2, 0) is 4.79 Å². The zero-order valence-electron chi connectivity index (χ0n) is 12.2. The number of carbonyl (C=O) groups excluding carboxylic acids is 1. The van der Waals surface area contributed by atoms with Crippen LogP contribution >= 0.6 is 12.4 Å². The SMILES string of the molecule is CCOc1cccc(NC(=O)C2C3CCC(C3)C2N)c1.Cl. The standard InChI is InChI=1S/C16H22N2O2.ClH/c1-2-20-13-5-3-4-12(9-13)18-16(19)14-10-6-7-11(8-10)15(14)17;/h3-5,9-11,14-15H,2,6-8,17H2,1H3,(H,18,19);1H. The Morgan fingerprint density at radius 3 is 2.81 bits per heavy atom. The third-order valence-electron chi connectivity index (χ3n) is 4.70. The van der Waals surface area contributed by atoms with Crippen LogP contribution in [0.4, 0.5) is 5.69 Å². The van der Waals surface area contributed by atoms with E-state index in [0.717, 1.165) is 24.3 Å². The van der Waals surface area contributed by atoms with Gasteiger partial charge in [-0.3, -0.25) is 4.79 Å². The fraction of sp³-hybridized carbons (Fsp3) is 0.562. The Bertz CT molecular complexity index is 507. The van der Waals surface area contributed by atoms with E-state index in [1.165, 1.54) is 6.42 Å². The van der Waals surface area contributed by atoms with Crippen molar-refractivity contribution in [1.29, 1.82) is 0 Å². The average Bonchev–Trinajstić information content (AvgIpc) is 3.00. The van der Waals surface area contributed by atoms with E-state index in [2.05, 4.69) is 5.32 Å². The second-order valence-electron chi connectivity index (χ2n) is 5.89. The van der Waals surface area contributed by atoms with Crippen molar-refractivity contribution in [2.75, 3.05) is 11.9 Å². The first-order valence-electron chi connectivity index (χ1n) is 7.48. The second kappa shape index (κ2) is 6.67. The minimum absolute atomic E-state index is 0. The van der Waals surface area contributed by atoms with Crippen LogP contribution < -0.4 is 15.8 Å². The Labute approximate surface area is 131 Å². The number of nitrogens with two attached hydrogens (primary N) is 1. The van der Waals surface area contributed by atoms with E-state index in [0.29, 0.717) is 18.4 Å². The van der Waals surface area contributed by atoms with Gasteiger partial charge in [0.1, 0.15) is 5.75 Å².